The molecule has 0 saturated carbocycles. The maximum absolute atomic E-state index is 12.8. The van der Waals surface area contributed by atoms with E-state index in [0.29, 0.717) is 19.3 Å². The van der Waals surface area contributed by atoms with Gasteiger partial charge in [-0.1, -0.05) is 308 Å². The molecule has 0 amide bonds. The third kappa shape index (κ3) is 58.7. The Morgan fingerprint density at radius 1 is 0.282 bits per heavy atom. The first-order chi connectivity index (χ1) is 35.0. The van der Waals surface area contributed by atoms with Crippen molar-refractivity contribution in [2.75, 3.05) is 13.2 Å². The van der Waals surface area contributed by atoms with Crippen molar-refractivity contribution < 1.29 is 28.6 Å². The molecule has 0 rings (SSSR count). The number of carbonyl (C=O) groups excluding carboxylic acids is 3. The predicted molar refractivity (Wildman–Crippen MR) is 307 cm³/mol. The number of ether oxygens (including phenoxy) is 3. The Kier molecular flexibility index (Phi) is 58.6. The van der Waals surface area contributed by atoms with Crippen LogP contribution in [0.2, 0.25) is 0 Å². The third-order valence-corrected chi connectivity index (χ3v) is 14.5. The molecule has 0 aliphatic heterocycles. The summed E-state index contributed by atoms with van der Waals surface area (Å²) in [5, 5.41) is 0. The van der Waals surface area contributed by atoms with Crippen molar-refractivity contribution in [3.05, 3.63) is 24.3 Å². The van der Waals surface area contributed by atoms with Crippen molar-refractivity contribution >= 4 is 17.9 Å². The third-order valence-electron chi connectivity index (χ3n) is 14.5. The highest BCUT2D eigenvalue weighted by Crippen LogP contribution is 2.18. The summed E-state index contributed by atoms with van der Waals surface area (Å²) in [7, 11) is 0. The van der Waals surface area contributed by atoms with E-state index in [0.717, 1.165) is 83.5 Å². The van der Waals surface area contributed by atoms with Gasteiger partial charge in [0.1, 0.15) is 13.2 Å². The second-order valence-electron chi connectivity index (χ2n) is 21.7. The molecule has 0 saturated heterocycles. The van der Waals surface area contributed by atoms with Crippen LogP contribution in [0.3, 0.4) is 0 Å². The van der Waals surface area contributed by atoms with Gasteiger partial charge in [-0.05, 0) is 51.4 Å². The van der Waals surface area contributed by atoms with Gasteiger partial charge in [-0.25, -0.2) is 0 Å². The molecule has 0 aromatic heterocycles. The molecular formula is C65H122O6. The lowest BCUT2D eigenvalue weighted by atomic mass is 10.0. The van der Waals surface area contributed by atoms with Crippen LogP contribution in [0, 0.1) is 0 Å². The van der Waals surface area contributed by atoms with Gasteiger partial charge in [0.2, 0.25) is 0 Å². The Morgan fingerprint density at radius 2 is 0.507 bits per heavy atom. The Hall–Kier alpha value is -2.11. The van der Waals surface area contributed by atoms with Crippen molar-refractivity contribution in [3.8, 4) is 0 Å². The van der Waals surface area contributed by atoms with E-state index in [1.807, 2.05) is 0 Å². The number of hydrogen-bond acceptors (Lipinski definition) is 6. The molecular weight excluding hydrogens is 877 g/mol. The minimum atomic E-state index is -0.772. The average Bonchev–Trinajstić information content (AvgIpc) is 3.37. The van der Waals surface area contributed by atoms with E-state index in [1.165, 1.54) is 231 Å². The van der Waals surface area contributed by atoms with Gasteiger partial charge in [0.15, 0.2) is 6.10 Å². The first kappa shape index (κ1) is 68.9. The topological polar surface area (TPSA) is 78.9 Å². The standard InChI is InChI=1S/C65H122O6/c1-4-7-10-13-15-17-19-21-23-24-25-26-27-28-29-30-31-32-33-34-35-36-37-38-39-40-42-43-45-47-49-52-55-58-64(67)70-61-62(60-69-63(66)57-54-51-12-9-6-3)71-65(68)59-56-53-50-48-46-44-41-22-20-18-16-14-11-8-5-2/h16,18,22,41,62H,4-15,17,19-21,23-40,42-61H2,1-3H3/b18-16-,41-22-. The highest BCUT2D eigenvalue weighted by Gasteiger charge is 2.19. The summed E-state index contributed by atoms with van der Waals surface area (Å²) >= 11 is 0. The predicted octanol–water partition coefficient (Wildman–Crippen LogP) is 21.4. The molecule has 1 atom stereocenters. The second-order valence-corrected chi connectivity index (χ2v) is 21.7. The average molecular weight is 1000 g/mol. The van der Waals surface area contributed by atoms with E-state index in [2.05, 4.69) is 45.1 Å². The molecule has 6 nitrogen and oxygen atoms in total. The molecule has 1 unspecified atom stereocenters. The number of esters is 3. The smallest absolute Gasteiger partial charge is 0.306 e. The van der Waals surface area contributed by atoms with Gasteiger partial charge in [0.25, 0.3) is 0 Å². The first-order valence-electron chi connectivity index (χ1n) is 31.8. The molecule has 0 heterocycles. The van der Waals surface area contributed by atoms with Crippen LogP contribution in [-0.2, 0) is 28.6 Å². The number of rotatable bonds is 59. The van der Waals surface area contributed by atoms with Crippen LogP contribution in [0.1, 0.15) is 355 Å². The number of allylic oxidation sites excluding steroid dienone is 4. The van der Waals surface area contributed by atoms with E-state index in [-0.39, 0.29) is 31.1 Å². The Bertz CT molecular complexity index is 1150. The van der Waals surface area contributed by atoms with E-state index in [1.54, 1.807) is 0 Å². The molecule has 0 aromatic carbocycles. The summed E-state index contributed by atoms with van der Waals surface area (Å²) in [5.41, 5.74) is 0. The van der Waals surface area contributed by atoms with E-state index in [4.69, 9.17) is 14.2 Å². The highest BCUT2D eigenvalue weighted by molar-refractivity contribution is 5.71. The van der Waals surface area contributed by atoms with Crippen molar-refractivity contribution in [1.82, 2.24) is 0 Å². The fraction of sp³-hybridized carbons (Fsp3) is 0.892. The lowest BCUT2D eigenvalue weighted by Crippen LogP contribution is -2.30. The summed E-state index contributed by atoms with van der Waals surface area (Å²) in [6.45, 7) is 6.57. The van der Waals surface area contributed by atoms with Crippen molar-refractivity contribution in [2.45, 2.75) is 361 Å². The lowest BCUT2D eigenvalue weighted by Gasteiger charge is -2.18. The van der Waals surface area contributed by atoms with Gasteiger partial charge in [0, 0.05) is 19.3 Å². The molecule has 0 N–H and O–H groups in total. The molecule has 0 fully saturated rings. The Balaban J connectivity index is 3.86. The second kappa shape index (κ2) is 60.4. The normalized spacial score (nSPS) is 12.1. The van der Waals surface area contributed by atoms with Gasteiger partial charge in [-0.3, -0.25) is 14.4 Å². The SMILES string of the molecule is CCCCC/C=C\C/C=C\CCCCCCCC(=O)OC(COC(=O)CCCCCCC)COC(=O)CCCCCCCCCCCCCCCCCCCCCCCCCCCCCCCCCCC. The lowest BCUT2D eigenvalue weighted by molar-refractivity contribution is -0.167. The Morgan fingerprint density at radius 3 is 0.803 bits per heavy atom. The molecule has 418 valence electrons. The van der Waals surface area contributed by atoms with Crippen molar-refractivity contribution in [1.29, 1.82) is 0 Å². The molecule has 0 aliphatic rings. The minimum Gasteiger partial charge on any atom is -0.462 e. The van der Waals surface area contributed by atoms with Gasteiger partial charge >= 0.3 is 17.9 Å². The number of carbonyl (C=O) groups is 3. The maximum atomic E-state index is 12.8. The summed E-state index contributed by atoms with van der Waals surface area (Å²) in [5.74, 6) is -0.884. The summed E-state index contributed by atoms with van der Waals surface area (Å²) in [4.78, 5) is 37.8. The van der Waals surface area contributed by atoms with Crippen molar-refractivity contribution in [2.24, 2.45) is 0 Å². The summed E-state index contributed by atoms with van der Waals surface area (Å²) < 4.78 is 16.7. The molecule has 0 aromatic rings. The van der Waals surface area contributed by atoms with Crippen LogP contribution < -0.4 is 0 Å². The van der Waals surface area contributed by atoms with Crippen LogP contribution in [0.5, 0.6) is 0 Å². The maximum Gasteiger partial charge on any atom is 0.306 e. The summed E-state index contributed by atoms with van der Waals surface area (Å²) in [6.07, 6.45) is 72.6. The number of hydrogen-bond donors (Lipinski definition) is 0. The van der Waals surface area contributed by atoms with Gasteiger partial charge in [-0.15, -0.1) is 0 Å². The molecule has 0 spiro atoms. The van der Waals surface area contributed by atoms with Crippen LogP contribution in [0.4, 0.5) is 0 Å². The zero-order valence-electron chi connectivity index (χ0n) is 48.0. The van der Waals surface area contributed by atoms with Crippen molar-refractivity contribution in [3.63, 3.8) is 0 Å². The highest BCUT2D eigenvalue weighted by atomic mass is 16.6. The molecule has 6 heteroatoms. The van der Waals surface area contributed by atoms with E-state index in [9.17, 15) is 14.4 Å². The molecule has 0 radical (unpaired) electrons. The van der Waals surface area contributed by atoms with Gasteiger partial charge in [-0.2, -0.15) is 0 Å². The fourth-order valence-corrected chi connectivity index (χ4v) is 9.65. The van der Waals surface area contributed by atoms with Crippen LogP contribution in [0.15, 0.2) is 24.3 Å². The molecule has 0 bridgehead atoms. The Labute approximate surface area is 443 Å². The fourth-order valence-electron chi connectivity index (χ4n) is 9.65. The number of unbranched alkanes of at least 4 members (excludes halogenated alkanes) is 44. The van der Waals surface area contributed by atoms with Crippen LogP contribution in [-0.4, -0.2) is 37.2 Å². The van der Waals surface area contributed by atoms with E-state index < -0.39 is 6.10 Å². The minimum absolute atomic E-state index is 0.0732. The largest absolute Gasteiger partial charge is 0.462 e. The zero-order chi connectivity index (χ0) is 51.4. The monoisotopic (exact) mass is 999 g/mol. The van der Waals surface area contributed by atoms with Gasteiger partial charge in [0.05, 0.1) is 0 Å². The van der Waals surface area contributed by atoms with Crippen LogP contribution in [0.25, 0.3) is 0 Å². The molecule has 0 aliphatic carbocycles. The summed E-state index contributed by atoms with van der Waals surface area (Å²) in [6, 6.07) is 0. The van der Waals surface area contributed by atoms with E-state index >= 15 is 0 Å². The quantitative estimate of drug-likeness (QED) is 0.0261. The van der Waals surface area contributed by atoms with Gasteiger partial charge < -0.3 is 14.2 Å². The zero-order valence-corrected chi connectivity index (χ0v) is 48.0. The first-order valence-corrected chi connectivity index (χ1v) is 31.8. The molecule has 71 heavy (non-hydrogen) atoms. The van der Waals surface area contributed by atoms with Crippen LogP contribution >= 0.6 is 0 Å².